The van der Waals surface area contributed by atoms with E-state index >= 15 is 0 Å². The van der Waals surface area contributed by atoms with Crippen LogP contribution in [0.5, 0.6) is 0 Å². The number of anilines is 1. The summed E-state index contributed by atoms with van der Waals surface area (Å²) in [5.41, 5.74) is 3.99. The Balaban J connectivity index is 2.60. The lowest BCUT2D eigenvalue weighted by Gasteiger charge is -2.10. The SMILES string of the molecule is Nc1nncc(-c2ncccc2C(F)(F)F)n1. The summed E-state index contributed by atoms with van der Waals surface area (Å²) in [6.07, 6.45) is -2.19. The second-order valence-corrected chi connectivity index (χ2v) is 3.10. The molecule has 2 aromatic heterocycles. The lowest BCUT2D eigenvalue weighted by atomic mass is 10.1. The lowest BCUT2D eigenvalue weighted by molar-refractivity contribution is -0.137. The number of nitrogen functional groups attached to an aromatic ring is 1. The number of nitrogens with two attached hydrogens (primary N) is 1. The van der Waals surface area contributed by atoms with Crippen molar-refractivity contribution in [2.45, 2.75) is 6.18 Å². The molecule has 0 amide bonds. The first-order valence-electron chi connectivity index (χ1n) is 4.46. The van der Waals surface area contributed by atoms with Gasteiger partial charge in [-0.25, -0.2) is 4.98 Å². The van der Waals surface area contributed by atoms with Crippen LogP contribution in [-0.4, -0.2) is 20.2 Å². The van der Waals surface area contributed by atoms with E-state index in [1.54, 1.807) is 0 Å². The molecular weight excluding hydrogens is 235 g/mol. The van der Waals surface area contributed by atoms with Crippen molar-refractivity contribution in [2.24, 2.45) is 0 Å². The maximum atomic E-state index is 12.7. The third-order valence-electron chi connectivity index (χ3n) is 1.93. The van der Waals surface area contributed by atoms with Gasteiger partial charge < -0.3 is 5.73 Å². The smallest absolute Gasteiger partial charge is 0.366 e. The molecule has 0 aliphatic heterocycles. The first-order chi connectivity index (χ1) is 7.98. The van der Waals surface area contributed by atoms with E-state index in [1.807, 2.05) is 0 Å². The predicted molar refractivity (Wildman–Crippen MR) is 52.5 cm³/mol. The van der Waals surface area contributed by atoms with Gasteiger partial charge >= 0.3 is 6.18 Å². The van der Waals surface area contributed by atoms with Gasteiger partial charge in [-0.2, -0.15) is 18.3 Å². The topological polar surface area (TPSA) is 77.6 Å². The van der Waals surface area contributed by atoms with Gasteiger partial charge in [-0.15, -0.1) is 5.10 Å². The van der Waals surface area contributed by atoms with Gasteiger partial charge in [-0.05, 0) is 12.1 Å². The molecule has 2 heterocycles. The maximum Gasteiger partial charge on any atom is 0.418 e. The second kappa shape index (κ2) is 3.96. The second-order valence-electron chi connectivity index (χ2n) is 3.10. The highest BCUT2D eigenvalue weighted by Crippen LogP contribution is 2.34. The fraction of sp³-hybridized carbons (Fsp3) is 0.111. The molecule has 0 aromatic carbocycles. The quantitative estimate of drug-likeness (QED) is 0.819. The van der Waals surface area contributed by atoms with E-state index < -0.39 is 11.7 Å². The highest BCUT2D eigenvalue weighted by Gasteiger charge is 2.34. The largest absolute Gasteiger partial charge is 0.418 e. The van der Waals surface area contributed by atoms with Crippen LogP contribution in [0.4, 0.5) is 19.1 Å². The van der Waals surface area contributed by atoms with Crippen LogP contribution in [0.2, 0.25) is 0 Å². The molecule has 0 saturated carbocycles. The normalized spacial score (nSPS) is 11.5. The van der Waals surface area contributed by atoms with Gasteiger partial charge in [-0.3, -0.25) is 4.98 Å². The molecule has 0 unspecified atom stereocenters. The maximum absolute atomic E-state index is 12.7. The van der Waals surface area contributed by atoms with E-state index in [2.05, 4.69) is 20.2 Å². The Kier molecular flexibility index (Phi) is 2.62. The minimum absolute atomic E-state index is 0.0644. The number of aromatic nitrogens is 4. The molecule has 88 valence electrons. The van der Waals surface area contributed by atoms with Crippen LogP contribution in [0.25, 0.3) is 11.4 Å². The van der Waals surface area contributed by atoms with Crippen LogP contribution in [0, 0.1) is 0 Å². The molecule has 2 aromatic rings. The summed E-state index contributed by atoms with van der Waals surface area (Å²) in [5.74, 6) is -0.207. The van der Waals surface area contributed by atoms with Gasteiger partial charge in [-0.1, -0.05) is 0 Å². The van der Waals surface area contributed by atoms with Crippen LogP contribution in [-0.2, 0) is 6.18 Å². The summed E-state index contributed by atoms with van der Waals surface area (Å²) in [4.78, 5) is 7.31. The molecule has 0 aliphatic carbocycles. The number of hydrogen-bond donors (Lipinski definition) is 1. The highest BCUT2D eigenvalue weighted by atomic mass is 19.4. The third kappa shape index (κ3) is 2.30. The van der Waals surface area contributed by atoms with Gasteiger partial charge in [0.1, 0.15) is 11.4 Å². The zero-order valence-electron chi connectivity index (χ0n) is 8.31. The monoisotopic (exact) mass is 241 g/mol. The number of alkyl halides is 3. The molecule has 17 heavy (non-hydrogen) atoms. The van der Waals surface area contributed by atoms with E-state index in [-0.39, 0.29) is 17.3 Å². The summed E-state index contributed by atoms with van der Waals surface area (Å²) in [6.45, 7) is 0. The average Bonchev–Trinajstić information content (AvgIpc) is 2.28. The first kappa shape index (κ1) is 11.2. The molecule has 2 N–H and O–H groups in total. The summed E-state index contributed by atoms with van der Waals surface area (Å²) in [7, 11) is 0. The summed E-state index contributed by atoms with van der Waals surface area (Å²) < 4.78 is 38.1. The van der Waals surface area contributed by atoms with Crippen LogP contribution >= 0.6 is 0 Å². The molecule has 5 nitrogen and oxygen atoms in total. The minimum Gasteiger partial charge on any atom is -0.366 e. The van der Waals surface area contributed by atoms with Crippen molar-refractivity contribution in [3.05, 3.63) is 30.1 Å². The van der Waals surface area contributed by atoms with Crippen molar-refractivity contribution in [3.63, 3.8) is 0 Å². The average molecular weight is 241 g/mol. The van der Waals surface area contributed by atoms with Crippen LogP contribution in [0.3, 0.4) is 0 Å². The predicted octanol–water partition coefficient (Wildman–Crippen LogP) is 1.53. The fourth-order valence-corrected chi connectivity index (χ4v) is 1.27. The lowest BCUT2D eigenvalue weighted by Crippen LogP contribution is -2.09. The number of pyridine rings is 1. The molecule has 0 aliphatic rings. The molecule has 8 heteroatoms. The van der Waals surface area contributed by atoms with E-state index in [9.17, 15) is 13.2 Å². The van der Waals surface area contributed by atoms with Gasteiger partial charge in [0.15, 0.2) is 0 Å². The Morgan fingerprint density at radius 3 is 2.65 bits per heavy atom. The Labute approximate surface area is 93.5 Å². The third-order valence-corrected chi connectivity index (χ3v) is 1.93. The number of nitrogens with zero attached hydrogens (tertiary/aromatic N) is 4. The van der Waals surface area contributed by atoms with Crippen molar-refractivity contribution in [1.82, 2.24) is 20.2 Å². The van der Waals surface area contributed by atoms with Gasteiger partial charge in [0.25, 0.3) is 0 Å². The van der Waals surface area contributed by atoms with E-state index in [4.69, 9.17) is 5.73 Å². The van der Waals surface area contributed by atoms with Crippen molar-refractivity contribution < 1.29 is 13.2 Å². The number of hydrogen-bond acceptors (Lipinski definition) is 5. The minimum atomic E-state index is -4.51. The zero-order chi connectivity index (χ0) is 12.5. The summed E-state index contributed by atoms with van der Waals surface area (Å²) in [6, 6.07) is 2.12. The van der Waals surface area contributed by atoms with Gasteiger partial charge in [0.05, 0.1) is 11.8 Å². The Morgan fingerprint density at radius 2 is 2.00 bits per heavy atom. The van der Waals surface area contributed by atoms with Crippen molar-refractivity contribution in [2.75, 3.05) is 5.73 Å². The van der Waals surface area contributed by atoms with Crippen LogP contribution in [0.1, 0.15) is 5.56 Å². The zero-order valence-corrected chi connectivity index (χ0v) is 8.31. The molecule has 0 fully saturated rings. The molecule has 0 spiro atoms. The van der Waals surface area contributed by atoms with Crippen LogP contribution in [0.15, 0.2) is 24.5 Å². The van der Waals surface area contributed by atoms with Crippen molar-refractivity contribution in [3.8, 4) is 11.4 Å². The highest BCUT2D eigenvalue weighted by molar-refractivity contribution is 5.59. The van der Waals surface area contributed by atoms with E-state index in [1.165, 1.54) is 12.3 Å². The molecular formula is C9H6F3N5. The summed E-state index contributed by atoms with van der Waals surface area (Å²) >= 11 is 0. The molecule has 0 saturated heterocycles. The molecule has 0 atom stereocenters. The number of halogens is 3. The Morgan fingerprint density at radius 1 is 1.24 bits per heavy atom. The first-order valence-corrected chi connectivity index (χ1v) is 4.46. The molecule has 0 radical (unpaired) electrons. The van der Waals surface area contributed by atoms with Crippen molar-refractivity contribution in [1.29, 1.82) is 0 Å². The molecule has 0 bridgehead atoms. The fourth-order valence-electron chi connectivity index (χ4n) is 1.27. The van der Waals surface area contributed by atoms with Crippen LogP contribution < -0.4 is 5.73 Å². The van der Waals surface area contributed by atoms with E-state index in [0.29, 0.717) is 0 Å². The number of rotatable bonds is 1. The molecule has 2 rings (SSSR count). The standard InChI is InChI=1S/C9H6F3N5/c10-9(11,12)5-2-1-3-14-7(5)6-4-15-17-8(13)16-6/h1-4H,(H2,13,16,17). The van der Waals surface area contributed by atoms with Gasteiger partial charge in [0, 0.05) is 6.20 Å². The van der Waals surface area contributed by atoms with E-state index in [0.717, 1.165) is 12.3 Å². The summed E-state index contributed by atoms with van der Waals surface area (Å²) in [5, 5.41) is 6.80. The Bertz CT molecular complexity index is 540. The van der Waals surface area contributed by atoms with Gasteiger partial charge in [0.2, 0.25) is 5.95 Å². The Hall–Kier alpha value is -2.25. The van der Waals surface area contributed by atoms with Crippen molar-refractivity contribution >= 4 is 5.95 Å².